The van der Waals surface area contributed by atoms with E-state index in [9.17, 15) is 16.8 Å². The van der Waals surface area contributed by atoms with E-state index in [4.69, 9.17) is 27.9 Å². The highest BCUT2D eigenvalue weighted by atomic mass is 35.5. The molecule has 2 aliphatic rings. The van der Waals surface area contributed by atoms with Crippen molar-refractivity contribution >= 4 is 99.3 Å². The van der Waals surface area contributed by atoms with E-state index < -0.39 is 20.0 Å². The smallest absolute Gasteiger partial charge is 0.237 e. The first-order valence-electron chi connectivity index (χ1n) is 15.4. The molecule has 0 aliphatic carbocycles. The summed E-state index contributed by atoms with van der Waals surface area (Å²) >= 11 is 14.6. The van der Waals surface area contributed by atoms with Crippen LogP contribution in [-0.2, 0) is 20.0 Å². The Bertz CT molecular complexity index is 2070. The fourth-order valence-corrected chi connectivity index (χ4v) is 8.95. The molecule has 4 heterocycles. The molecule has 0 amide bonds. The number of ether oxygens (including phenoxy) is 1. The molecule has 2 fully saturated rings. The third kappa shape index (κ3) is 7.92. The predicted molar refractivity (Wildman–Crippen MR) is 198 cm³/mol. The van der Waals surface area contributed by atoms with E-state index in [1.165, 1.54) is 29.1 Å². The molecule has 2 N–H and O–H groups in total. The van der Waals surface area contributed by atoms with Gasteiger partial charge in [-0.25, -0.2) is 31.1 Å². The molecular weight excluding hydrogens is 733 g/mol. The van der Waals surface area contributed by atoms with Crippen LogP contribution in [0, 0.1) is 0 Å². The van der Waals surface area contributed by atoms with E-state index in [1.54, 1.807) is 19.2 Å². The van der Waals surface area contributed by atoms with Crippen molar-refractivity contribution in [2.75, 3.05) is 85.2 Å². The maximum atomic E-state index is 13.3. The van der Waals surface area contributed by atoms with E-state index >= 15 is 0 Å². The highest BCUT2D eigenvalue weighted by Crippen LogP contribution is 2.43. The Hall–Kier alpha value is -3.19. The van der Waals surface area contributed by atoms with Gasteiger partial charge in [0, 0.05) is 51.4 Å². The summed E-state index contributed by atoms with van der Waals surface area (Å²) in [6.07, 6.45) is 5.26. The van der Waals surface area contributed by atoms with E-state index in [1.807, 2.05) is 6.07 Å². The quantitative estimate of drug-likeness (QED) is 0.227. The van der Waals surface area contributed by atoms with Crippen molar-refractivity contribution in [3.05, 3.63) is 46.0 Å². The van der Waals surface area contributed by atoms with Gasteiger partial charge in [-0.3, -0.25) is 9.62 Å². The Morgan fingerprint density at radius 3 is 2.35 bits per heavy atom. The lowest BCUT2D eigenvalue weighted by Gasteiger charge is -2.42. The molecule has 6 rings (SSSR count). The van der Waals surface area contributed by atoms with Gasteiger partial charge in [-0.05, 0) is 38.1 Å². The number of piperazine rings is 1. The number of halogens is 2. The van der Waals surface area contributed by atoms with Crippen molar-refractivity contribution < 1.29 is 21.6 Å². The highest BCUT2D eigenvalue weighted by molar-refractivity contribution is 7.92. The van der Waals surface area contributed by atoms with Gasteiger partial charge in [0.05, 0.1) is 58.1 Å². The number of aromatic nitrogens is 3. The number of fused-ring (bicyclic) bond motifs is 1. The molecule has 49 heavy (non-hydrogen) atoms. The van der Waals surface area contributed by atoms with Crippen molar-refractivity contribution in [2.45, 2.75) is 18.9 Å². The third-order valence-corrected chi connectivity index (χ3v) is 11.6. The van der Waals surface area contributed by atoms with Gasteiger partial charge in [0.1, 0.15) is 22.0 Å². The molecule has 0 bridgehead atoms. The number of nitrogens with one attached hydrogen (secondary N) is 2. The maximum absolute atomic E-state index is 13.3. The Balaban J connectivity index is 1.29. The van der Waals surface area contributed by atoms with Gasteiger partial charge in [-0.2, -0.15) is 4.98 Å². The number of likely N-dealkylation sites (N-methyl/N-ethyl adjacent to an activating group) is 1. The summed E-state index contributed by atoms with van der Waals surface area (Å²) in [7, 11) is -4.28. The topological polar surface area (TPSA) is 153 Å². The summed E-state index contributed by atoms with van der Waals surface area (Å²) in [5.41, 5.74) is 3.03. The second-order valence-electron chi connectivity index (χ2n) is 12.1. The first-order chi connectivity index (χ1) is 23.2. The number of methoxy groups -OCH3 is 1. The fraction of sp³-hybridized carbons (Fsp3) is 0.433. The monoisotopic (exact) mass is 769 g/mol. The standard InChI is InChI=1S/C30H37Cl2N9O5S3/c1-38-11-13-39(14-12-38)19-7-9-40(10-8-19)24-16-25(46-2)22(15-20(24)31)35-30-33-17-21(32)29(36-30)41(49(4,44)45)23-5-6-26-28(34-18-47-26)27(23)37-48(3,42)43/h5-6,15-19,37H,7-14H2,1-4H3,(H,33,35,36). The zero-order valence-electron chi connectivity index (χ0n) is 27.4. The fourth-order valence-electron chi connectivity index (χ4n) is 6.22. The average molecular weight is 771 g/mol. The molecule has 0 radical (unpaired) electrons. The van der Waals surface area contributed by atoms with Crippen LogP contribution in [-0.4, -0.2) is 114 Å². The highest BCUT2D eigenvalue weighted by Gasteiger charge is 2.31. The molecule has 0 spiro atoms. The van der Waals surface area contributed by atoms with Gasteiger partial charge >= 0.3 is 0 Å². The molecule has 14 nitrogen and oxygen atoms in total. The van der Waals surface area contributed by atoms with Crippen LogP contribution in [0.3, 0.4) is 0 Å². The minimum atomic E-state index is -4.15. The van der Waals surface area contributed by atoms with Crippen LogP contribution in [0.25, 0.3) is 10.2 Å². The van der Waals surface area contributed by atoms with Crippen LogP contribution in [0.1, 0.15) is 12.8 Å². The number of hydrogen-bond acceptors (Lipinski definition) is 13. The molecule has 0 saturated carbocycles. The minimum absolute atomic E-state index is 0.00415. The van der Waals surface area contributed by atoms with E-state index in [0.29, 0.717) is 27.2 Å². The number of hydrogen-bond donors (Lipinski definition) is 2. The Morgan fingerprint density at radius 1 is 0.980 bits per heavy atom. The van der Waals surface area contributed by atoms with Gasteiger partial charge < -0.3 is 19.9 Å². The molecule has 2 aromatic heterocycles. The van der Waals surface area contributed by atoms with Crippen LogP contribution in [0.5, 0.6) is 5.75 Å². The summed E-state index contributed by atoms with van der Waals surface area (Å²) in [6.45, 7) is 6.08. The van der Waals surface area contributed by atoms with Crippen LogP contribution in [0.2, 0.25) is 10.0 Å². The number of benzene rings is 2. The summed E-state index contributed by atoms with van der Waals surface area (Å²) in [6, 6.07) is 7.25. The normalized spacial score (nSPS) is 17.0. The van der Waals surface area contributed by atoms with E-state index in [2.05, 4.69) is 46.7 Å². The molecule has 2 aromatic carbocycles. The second kappa shape index (κ2) is 14.2. The summed E-state index contributed by atoms with van der Waals surface area (Å²) in [5.74, 6) is 0.266. The molecule has 0 unspecified atom stereocenters. The van der Waals surface area contributed by atoms with Crippen molar-refractivity contribution in [3.63, 3.8) is 0 Å². The number of rotatable bonds is 10. The summed E-state index contributed by atoms with van der Waals surface area (Å²) < 4.78 is 61.1. The van der Waals surface area contributed by atoms with Gasteiger partial charge in [0.15, 0.2) is 5.82 Å². The Labute approximate surface area is 300 Å². The zero-order valence-corrected chi connectivity index (χ0v) is 31.3. The van der Waals surface area contributed by atoms with Gasteiger partial charge in [-0.15, -0.1) is 11.3 Å². The Morgan fingerprint density at radius 2 is 1.69 bits per heavy atom. The molecule has 2 saturated heterocycles. The lowest BCUT2D eigenvalue weighted by atomic mass is 10.0. The number of sulfonamides is 2. The van der Waals surface area contributed by atoms with Crippen LogP contribution in [0.4, 0.5) is 34.5 Å². The third-order valence-electron chi connectivity index (χ3n) is 8.61. The number of nitrogens with zero attached hydrogens (tertiary/aromatic N) is 7. The number of thiazole rings is 1. The van der Waals surface area contributed by atoms with Crippen LogP contribution < -0.4 is 24.0 Å². The van der Waals surface area contributed by atoms with Crippen LogP contribution in [0.15, 0.2) is 36.0 Å². The molecule has 264 valence electrons. The van der Waals surface area contributed by atoms with E-state index in [-0.39, 0.29) is 33.7 Å². The van der Waals surface area contributed by atoms with Gasteiger partial charge in [0.2, 0.25) is 26.0 Å². The van der Waals surface area contributed by atoms with Gasteiger partial charge in [-0.1, -0.05) is 23.2 Å². The zero-order chi connectivity index (χ0) is 35.1. The van der Waals surface area contributed by atoms with Crippen molar-refractivity contribution in [3.8, 4) is 5.75 Å². The summed E-state index contributed by atoms with van der Waals surface area (Å²) in [5, 5.41) is 3.49. The summed E-state index contributed by atoms with van der Waals surface area (Å²) in [4.78, 5) is 20.2. The van der Waals surface area contributed by atoms with Crippen molar-refractivity contribution in [2.24, 2.45) is 0 Å². The average Bonchev–Trinajstić information content (AvgIpc) is 3.53. The molecule has 0 atom stereocenters. The lowest BCUT2D eigenvalue weighted by Crippen LogP contribution is -2.52. The lowest BCUT2D eigenvalue weighted by molar-refractivity contribution is 0.0982. The number of piperidine rings is 1. The van der Waals surface area contributed by atoms with Crippen molar-refractivity contribution in [1.29, 1.82) is 0 Å². The van der Waals surface area contributed by atoms with Crippen LogP contribution >= 0.6 is 34.5 Å². The molecule has 2 aliphatic heterocycles. The SMILES string of the molecule is COc1cc(N2CCC(N3CCN(C)CC3)CC2)c(Cl)cc1Nc1ncc(Cl)c(N(c2ccc3scnc3c2NS(C)(=O)=O)S(C)(=O)=O)n1. The first-order valence-corrected chi connectivity index (χ1v) is 20.8. The molecule has 4 aromatic rings. The maximum Gasteiger partial charge on any atom is 0.237 e. The Kier molecular flexibility index (Phi) is 10.3. The predicted octanol–water partition coefficient (Wildman–Crippen LogP) is 4.83. The van der Waals surface area contributed by atoms with Gasteiger partial charge in [0.25, 0.3) is 0 Å². The van der Waals surface area contributed by atoms with Crippen molar-refractivity contribution in [1.82, 2.24) is 24.8 Å². The minimum Gasteiger partial charge on any atom is -0.494 e. The molecule has 19 heteroatoms. The molecular formula is C30H37Cl2N9O5S3. The first kappa shape index (κ1) is 35.6. The van der Waals surface area contributed by atoms with E-state index in [0.717, 1.165) is 74.6 Å². The number of anilines is 6. The largest absolute Gasteiger partial charge is 0.494 e. The second-order valence-corrected chi connectivity index (χ2v) is 17.4.